The van der Waals surface area contributed by atoms with Gasteiger partial charge in [-0.3, -0.25) is 9.59 Å². The smallest absolute Gasteiger partial charge is 0.242 e. The number of hydrogen-bond donors (Lipinski definition) is 1. The first-order valence-corrected chi connectivity index (χ1v) is 9.00. The Morgan fingerprint density at radius 2 is 1.79 bits per heavy atom. The SMILES string of the molecule is C[C@H]1C[C@@H](C(N)=O)c2ccccc2N1CC(=O)N1CCCCCC1. The minimum absolute atomic E-state index is 0.119. The lowest BCUT2D eigenvalue weighted by Crippen LogP contribution is -2.48. The van der Waals surface area contributed by atoms with Gasteiger partial charge in [0.25, 0.3) is 0 Å². The Morgan fingerprint density at radius 3 is 2.46 bits per heavy atom. The molecule has 2 N–H and O–H groups in total. The van der Waals surface area contributed by atoms with E-state index in [0.29, 0.717) is 13.0 Å². The van der Waals surface area contributed by atoms with Crippen molar-refractivity contribution in [2.24, 2.45) is 5.73 Å². The van der Waals surface area contributed by atoms with Crippen molar-refractivity contribution in [1.29, 1.82) is 0 Å². The summed E-state index contributed by atoms with van der Waals surface area (Å²) in [6, 6.07) is 7.96. The first-order valence-electron chi connectivity index (χ1n) is 9.00. The topological polar surface area (TPSA) is 66.6 Å². The molecule has 0 saturated carbocycles. The molecule has 5 nitrogen and oxygen atoms in total. The van der Waals surface area contributed by atoms with Crippen LogP contribution in [0.4, 0.5) is 5.69 Å². The molecule has 2 amide bonds. The first kappa shape index (κ1) is 16.8. The van der Waals surface area contributed by atoms with Gasteiger partial charge in [-0.2, -0.15) is 0 Å². The number of nitrogens with two attached hydrogens (primary N) is 1. The van der Waals surface area contributed by atoms with Gasteiger partial charge >= 0.3 is 0 Å². The van der Waals surface area contributed by atoms with Gasteiger partial charge in [0.1, 0.15) is 0 Å². The van der Waals surface area contributed by atoms with E-state index in [0.717, 1.165) is 37.2 Å². The molecule has 0 aliphatic carbocycles. The second kappa shape index (κ2) is 7.24. The third kappa shape index (κ3) is 3.40. The average molecular weight is 329 g/mol. The van der Waals surface area contributed by atoms with Crippen molar-refractivity contribution in [2.75, 3.05) is 24.5 Å². The standard InChI is InChI=1S/C19H27N3O2/c1-14-12-16(19(20)24)15-8-4-5-9-17(15)22(14)13-18(23)21-10-6-2-3-7-11-21/h4-5,8-9,14,16H,2-3,6-7,10-13H2,1H3,(H2,20,24)/t14-,16+/m0/s1. The molecule has 130 valence electrons. The van der Waals surface area contributed by atoms with Crippen LogP contribution in [0.3, 0.4) is 0 Å². The summed E-state index contributed by atoms with van der Waals surface area (Å²) >= 11 is 0. The number of carbonyl (C=O) groups is 2. The van der Waals surface area contributed by atoms with Gasteiger partial charge < -0.3 is 15.5 Å². The Balaban J connectivity index is 1.80. The summed E-state index contributed by atoms with van der Waals surface area (Å²) in [5, 5.41) is 0. The fourth-order valence-corrected chi connectivity index (χ4v) is 3.95. The maximum Gasteiger partial charge on any atom is 0.242 e. The van der Waals surface area contributed by atoms with Gasteiger partial charge in [0.2, 0.25) is 11.8 Å². The summed E-state index contributed by atoms with van der Waals surface area (Å²) < 4.78 is 0. The zero-order chi connectivity index (χ0) is 17.1. The number of carbonyl (C=O) groups excluding carboxylic acids is 2. The molecule has 2 aliphatic rings. The predicted molar refractivity (Wildman–Crippen MR) is 94.9 cm³/mol. The van der Waals surface area contributed by atoms with Crippen LogP contribution in [0.25, 0.3) is 0 Å². The van der Waals surface area contributed by atoms with E-state index in [1.807, 2.05) is 29.2 Å². The van der Waals surface area contributed by atoms with E-state index in [4.69, 9.17) is 5.73 Å². The third-order valence-corrected chi connectivity index (χ3v) is 5.34. The molecule has 5 heteroatoms. The first-order chi connectivity index (χ1) is 11.6. The summed E-state index contributed by atoms with van der Waals surface area (Å²) in [5.74, 6) is -0.357. The van der Waals surface area contributed by atoms with Crippen molar-refractivity contribution in [2.45, 2.75) is 51.0 Å². The molecule has 2 aliphatic heterocycles. The van der Waals surface area contributed by atoms with E-state index >= 15 is 0 Å². The summed E-state index contributed by atoms with van der Waals surface area (Å²) in [6.07, 6.45) is 5.29. The minimum atomic E-state index is -0.284. The quantitative estimate of drug-likeness (QED) is 0.925. The number of nitrogens with zero attached hydrogens (tertiary/aromatic N) is 2. The van der Waals surface area contributed by atoms with Gasteiger partial charge in [-0.05, 0) is 37.8 Å². The van der Waals surface area contributed by atoms with Crippen LogP contribution in [0, 0.1) is 0 Å². The van der Waals surface area contributed by atoms with Crippen molar-refractivity contribution >= 4 is 17.5 Å². The second-order valence-electron chi connectivity index (χ2n) is 7.02. The van der Waals surface area contributed by atoms with Crippen LogP contribution in [-0.2, 0) is 9.59 Å². The lowest BCUT2D eigenvalue weighted by Gasteiger charge is -2.40. The Bertz CT molecular complexity index is 608. The average Bonchev–Trinajstić information content (AvgIpc) is 2.86. The molecule has 2 heterocycles. The maximum atomic E-state index is 12.8. The number of hydrogen-bond acceptors (Lipinski definition) is 3. The van der Waals surface area contributed by atoms with Crippen LogP contribution in [0.15, 0.2) is 24.3 Å². The highest BCUT2D eigenvalue weighted by molar-refractivity contribution is 5.87. The Kier molecular flexibility index (Phi) is 5.07. The Labute approximate surface area is 143 Å². The number of rotatable bonds is 3. The van der Waals surface area contributed by atoms with Gasteiger partial charge in [-0.1, -0.05) is 31.0 Å². The number of para-hydroxylation sites is 1. The third-order valence-electron chi connectivity index (χ3n) is 5.34. The monoisotopic (exact) mass is 329 g/mol. The lowest BCUT2D eigenvalue weighted by molar-refractivity contribution is -0.129. The molecule has 3 rings (SSSR count). The molecule has 1 saturated heterocycles. The van der Waals surface area contributed by atoms with Gasteiger partial charge in [-0.25, -0.2) is 0 Å². The van der Waals surface area contributed by atoms with E-state index in [-0.39, 0.29) is 23.8 Å². The molecule has 0 spiro atoms. The minimum Gasteiger partial charge on any atom is -0.369 e. The number of likely N-dealkylation sites (tertiary alicyclic amines) is 1. The summed E-state index contributed by atoms with van der Waals surface area (Å²) in [6.45, 7) is 4.18. The summed E-state index contributed by atoms with van der Waals surface area (Å²) in [5.41, 5.74) is 7.52. The van der Waals surface area contributed by atoms with Crippen LogP contribution in [0.5, 0.6) is 0 Å². The largest absolute Gasteiger partial charge is 0.369 e. The van der Waals surface area contributed by atoms with Crippen LogP contribution in [-0.4, -0.2) is 42.4 Å². The van der Waals surface area contributed by atoms with Crippen molar-refractivity contribution in [1.82, 2.24) is 4.90 Å². The van der Waals surface area contributed by atoms with Crippen LogP contribution >= 0.6 is 0 Å². The highest BCUT2D eigenvalue weighted by Crippen LogP contribution is 2.38. The molecule has 0 bridgehead atoms. The fourth-order valence-electron chi connectivity index (χ4n) is 3.95. The van der Waals surface area contributed by atoms with E-state index in [1.165, 1.54) is 12.8 Å². The molecule has 2 atom stereocenters. The maximum absolute atomic E-state index is 12.8. The second-order valence-corrected chi connectivity index (χ2v) is 7.02. The number of fused-ring (bicyclic) bond motifs is 1. The predicted octanol–water partition coefficient (Wildman–Crippen LogP) is 2.26. The van der Waals surface area contributed by atoms with Crippen LogP contribution in [0.1, 0.15) is 50.5 Å². The zero-order valence-corrected chi connectivity index (χ0v) is 14.4. The zero-order valence-electron chi connectivity index (χ0n) is 14.4. The lowest BCUT2D eigenvalue weighted by atomic mass is 9.85. The van der Waals surface area contributed by atoms with Gasteiger partial charge in [0.05, 0.1) is 12.5 Å². The Morgan fingerprint density at radius 1 is 1.12 bits per heavy atom. The molecular weight excluding hydrogens is 302 g/mol. The van der Waals surface area contributed by atoms with E-state index in [1.54, 1.807) is 0 Å². The molecule has 24 heavy (non-hydrogen) atoms. The Hall–Kier alpha value is -2.04. The molecule has 0 unspecified atom stereocenters. The highest BCUT2D eigenvalue weighted by Gasteiger charge is 2.34. The van der Waals surface area contributed by atoms with E-state index in [9.17, 15) is 9.59 Å². The van der Waals surface area contributed by atoms with Gasteiger partial charge in [0, 0.05) is 24.8 Å². The van der Waals surface area contributed by atoms with Crippen molar-refractivity contribution in [3.05, 3.63) is 29.8 Å². The molecular formula is C19H27N3O2. The van der Waals surface area contributed by atoms with Crippen molar-refractivity contribution in [3.8, 4) is 0 Å². The molecule has 1 fully saturated rings. The van der Waals surface area contributed by atoms with E-state index in [2.05, 4.69) is 11.8 Å². The van der Waals surface area contributed by atoms with Crippen molar-refractivity contribution < 1.29 is 9.59 Å². The highest BCUT2D eigenvalue weighted by atomic mass is 16.2. The summed E-state index contributed by atoms with van der Waals surface area (Å²) in [7, 11) is 0. The van der Waals surface area contributed by atoms with Crippen LogP contribution in [0.2, 0.25) is 0 Å². The number of amides is 2. The number of primary amides is 1. The van der Waals surface area contributed by atoms with E-state index < -0.39 is 0 Å². The molecule has 0 aromatic heterocycles. The van der Waals surface area contributed by atoms with Crippen LogP contribution < -0.4 is 10.6 Å². The van der Waals surface area contributed by atoms with Gasteiger partial charge in [-0.15, -0.1) is 0 Å². The molecule has 0 radical (unpaired) electrons. The molecule has 1 aromatic rings. The van der Waals surface area contributed by atoms with Crippen molar-refractivity contribution in [3.63, 3.8) is 0 Å². The number of anilines is 1. The summed E-state index contributed by atoms with van der Waals surface area (Å²) in [4.78, 5) is 28.7. The number of benzene rings is 1. The van der Waals surface area contributed by atoms with Gasteiger partial charge in [0.15, 0.2) is 0 Å². The molecule has 1 aromatic carbocycles. The fraction of sp³-hybridized carbons (Fsp3) is 0.579. The normalized spacial score (nSPS) is 24.2.